The number of ketones is 1. The van der Waals surface area contributed by atoms with Crippen molar-refractivity contribution >= 4 is 31.8 Å². The normalized spacial score (nSPS) is 20.8. The second-order valence-corrected chi connectivity index (χ2v) is 17.7. The van der Waals surface area contributed by atoms with E-state index < -0.39 is 49.7 Å². The van der Waals surface area contributed by atoms with Crippen molar-refractivity contribution in [3.8, 4) is 5.75 Å². The minimum Gasteiger partial charge on any atom is -0.489 e. The summed E-state index contributed by atoms with van der Waals surface area (Å²) in [6.07, 6.45) is 2.33. The van der Waals surface area contributed by atoms with Crippen molar-refractivity contribution in [2.45, 2.75) is 63.9 Å². The van der Waals surface area contributed by atoms with E-state index in [2.05, 4.69) is 26.2 Å². The second kappa shape index (κ2) is 13.5. The molecule has 0 aromatic heterocycles. The number of hydrogen-bond acceptors (Lipinski definition) is 8. The molecule has 9 heteroatoms. The Labute approximate surface area is 248 Å². The lowest BCUT2D eigenvalue weighted by molar-refractivity contribution is -0.167. The van der Waals surface area contributed by atoms with Gasteiger partial charge in [-0.25, -0.2) is 4.79 Å². The fourth-order valence-electron chi connectivity index (χ4n) is 5.62. The summed E-state index contributed by atoms with van der Waals surface area (Å²) >= 11 is 0. The van der Waals surface area contributed by atoms with Gasteiger partial charge in [-0.2, -0.15) is 0 Å². The van der Waals surface area contributed by atoms with Crippen LogP contribution in [0, 0.1) is 11.8 Å². The molecule has 0 spiro atoms. The van der Waals surface area contributed by atoms with E-state index in [1.165, 1.54) is 6.08 Å². The molecule has 0 aliphatic heterocycles. The van der Waals surface area contributed by atoms with Gasteiger partial charge < -0.3 is 18.9 Å². The van der Waals surface area contributed by atoms with Gasteiger partial charge in [-0.3, -0.25) is 14.4 Å². The molecule has 1 fully saturated rings. The Morgan fingerprint density at radius 3 is 2.29 bits per heavy atom. The number of benzene rings is 2. The van der Waals surface area contributed by atoms with Gasteiger partial charge in [-0.15, -0.1) is 0 Å². The van der Waals surface area contributed by atoms with E-state index in [1.807, 2.05) is 19.1 Å². The number of carbonyl (C=O) groups excluding carboxylic acids is 4. The molecule has 3 aliphatic rings. The smallest absolute Gasteiger partial charge is 0.338 e. The second-order valence-electron chi connectivity index (χ2n) is 12.1. The van der Waals surface area contributed by atoms with Crippen molar-refractivity contribution in [3.63, 3.8) is 0 Å². The van der Waals surface area contributed by atoms with Crippen LogP contribution in [0.3, 0.4) is 0 Å². The van der Waals surface area contributed by atoms with Crippen LogP contribution in [0.1, 0.15) is 58.6 Å². The summed E-state index contributed by atoms with van der Waals surface area (Å²) in [6.45, 7) is 13.0. The molecule has 0 amide bonds. The molecule has 4 atom stereocenters. The van der Waals surface area contributed by atoms with Gasteiger partial charge in [0.05, 0.1) is 36.5 Å². The van der Waals surface area contributed by atoms with Crippen molar-refractivity contribution in [1.29, 1.82) is 0 Å². The van der Waals surface area contributed by atoms with Crippen molar-refractivity contribution in [2.75, 3.05) is 19.8 Å². The van der Waals surface area contributed by atoms with Crippen molar-refractivity contribution in [3.05, 3.63) is 77.4 Å². The van der Waals surface area contributed by atoms with Crippen LogP contribution in [0.2, 0.25) is 25.7 Å². The third kappa shape index (κ3) is 7.18. The fourth-order valence-corrected chi connectivity index (χ4v) is 6.33. The van der Waals surface area contributed by atoms with Crippen LogP contribution >= 0.6 is 0 Å². The quantitative estimate of drug-likeness (QED) is 0.124. The van der Waals surface area contributed by atoms with Gasteiger partial charge >= 0.3 is 17.9 Å². The van der Waals surface area contributed by atoms with Crippen molar-refractivity contribution < 1.29 is 38.1 Å². The van der Waals surface area contributed by atoms with Crippen LogP contribution in [-0.4, -0.2) is 51.6 Å². The van der Waals surface area contributed by atoms with Gasteiger partial charge in [0.15, 0.2) is 0 Å². The zero-order valence-electron chi connectivity index (χ0n) is 24.9. The van der Waals surface area contributed by atoms with Crippen LogP contribution in [0.25, 0.3) is 0 Å². The molecule has 3 aliphatic carbocycles. The summed E-state index contributed by atoms with van der Waals surface area (Å²) in [5, 5.41) is 0. The zero-order valence-corrected chi connectivity index (χ0v) is 25.9. The summed E-state index contributed by atoms with van der Waals surface area (Å²) in [5.74, 6) is -3.89. The third-order valence-electron chi connectivity index (χ3n) is 7.76. The third-order valence-corrected chi connectivity index (χ3v) is 9.46. The maximum atomic E-state index is 13.4. The summed E-state index contributed by atoms with van der Waals surface area (Å²) in [5.41, 5.74) is 2.85. The van der Waals surface area contributed by atoms with Crippen molar-refractivity contribution in [1.82, 2.24) is 0 Å². The molecule has 224 valence electrons. The Bertz CT molecular complexity index is 1330. The Hall–Kier alpha value is -3.72. The largest absolute Gasteiger partial charge is 0.489 e. The van der Waals surface area contributed by atoms with E-state index in [9.17, 15) is 19.2 Å². The Balaban J connectivity index is 1.54. The molecular formula is C33H40O8Si. The summed E-state index contributed by atoms with van der Waals surface area (Å²) < 4.78 is 22.3. The number of rotatable bonds is 13. The number of fused-ring (bicyclic) bond motifs is 2. The first-order valence-electron chi connectivity index (χ1n) is 14.5. The summed E-state index contributed by atoms with van der Waals surface area (Å²) in [7, 11) is -1.43. The number of carbonyl (C=O) groups is 4. The molecule has 2 unspecified atom stereocenters. The molecule has 8 nitrogen and oxygen atoms in total. The van der Waals surface area contributed by atoms with Crippen LogP contribution in [0.4, 0.5) is 0 Å². The first-order valence-corrected chi connectivity index (χ1v) is 18.2. The first-order chi connectivity index (χ1) is 20.0. The predicted molar refractivity (Wildman–Crippen MR) is 160 cm³/mol. The molecule has 0 N–H and O–H groups in total. The molecule has 1 saturated carbocycles. The highest BCUT2D eigenvalue weighted by Crippen LogP contribution is 2.55. The molecule has 0 heterocycles. The lowest BCUT2D eigenvalue weighted by Gasteiger charge is -2.46. The molecule has 2 aromatic carbocycles. The standard InChI is InChI=1S/C33H40O8Si/c1-6-14-38-31(35)22-10-8-21(9-11-22)20-41-23-12-13-24-25(18-23)28-27(34)19-26(24)29(30(28)33(37)39-15-7-2)32(36)40-16-17-42(3,4)5/h6,8-13,18,26,28-30H,1,7,14-17,19-20H2,2-5H3/t26?,28-,29?,30-/m1/s1. The molecule has 5 rings (SSSR count). The molecule has 42 heavy (non-hydrogen) atoms. The van der Waals surface area contributed by atoms with Gasteiger partial charge in [0, 0.05) is 20.4 Å². The molecule has 0 saturated heterocycles. The monoisotopic (exact) mass is 592 g/mol. The summed E-state index contributed by atoms with van der Waals surface area (Å²) in [4.78, 5) is 52.1. The maximum Gasteiger partial charge on any atom is 0.338 e. The lowest BCUT2D eigenvalue weighted by atomic mass is 9.55. The van der Waals surface area contributed by atoms with E-state index in [-0.39, 0.29) is 32.0 Å². The van der Waals surface area contributed by atoms with Gasteiger partial charge in [0.2, 0.25) is 0 Å². The number of esters is 3. The highest BCUT2D eigenvalue weighted by atomic mass is 28.3. The van der Waals surface area contributed by atoms with Crippen molar-refractivity contribution in [2.24, 2.45) is 11.8 Å². The highest BCUT2D eigenvalue weighted by Gasteiger charge is 2.57. The van der Waals surface area contributed by atoms with Crippen LogP contribution in [0.15, 0.2) is 55.1 Å². The summed E-state index contributed by atoms with van der Waals surface area (Å²) in [6, 6.07) is 13.3. The average Bonchev–Trinajstić information content (AvgIpc) is 2.96. The number of hydrogen-bond donors (Lipinski definition) is 0. The van der Waals surface area contributed by atoms with Gasteiger partial charge in [-0.1, -0.05) is 57.4 Å². The minimum absolute atomic E-state index is 0.0758. The fraction of sp³-hybridized carbons (Fsp3) is 0.455. The Morgan fingerprint density at radius 1 is 0.929 bits per heavy atom. The predicted octanol–water partition coefficient (Wildman–Crippen LogP) is 5.83. The topological polar surface area (TPSA) is 105 Å². The number of Topliss-reactive ketones (excluding diaryl/α,β-unsaturated/α-hetero) is 1. The minimum atomic E-state index is -1.43. The van der Waals surface area contributed by atoms with Crippen LogP contribution in [-0.2, 0) is 35.2 Å². The van der Waals surface area contributed by atoms with E-state index in [4.69, 9.17) is 18.9 Å². The van der Waals surface area contributed by atoms with E-state index >= 15 is 0 Å². The van der Waals surface area contributed by atoms with Gasteiger partial charge in [0.25, 0.3) is 0 Å². The lowest BCUT2D eigenvalue weighted by Crippen LogP contribution is -2.50. The van der Waals surface area contributed by atoms with Gasteiger partial charge in [-0.05, 0) is 53.4 Å². The van der Waals surface area contributed by atoms with E-state index in [1.54, 1.807) is 30.3 Å². The van der Waals surface area contributed by atoms with Crippen LogP contribution in [0.5, 0.6) is 5.75 Å². The Morgan fingerprint density at radius 2 is 1.62 bits per heavy atom. The molecule has 2 aromatic rings. The molecule has 2 bridgehead atoms. The Kier molecular flexibility index (Phi) is 10.0. The first kappa shape index (κ1) is 31.2. The van der Waals surface area contributed by atoms with E-state index in [0.717, 1.165) is 17.2 Å². The van der Waals surface area contributed by atoms with Gasteiger partial charge in [0.1, 0.15) is 24.7 Å². The molecule has 0 radical (unpaired) electrons. The maximum absolute atomic E-state index is 13.4. The molecular weight excluding hydrogens is 552 g/mol. The SMILES string of the molecule is C=CCOC(=O)c1ccc(COc2ccc3c(c2)[C@@H]2C(=O)CC3C(C(=O)OCC[Si](C)(C)C)[C@@H]2C(=O)OCCC)cc1. The van der Waals surface area contributed by atoms with E-state index in [0.29, 0.717) is 29.9 Å². The average molecular weight is 593 g/mol. The zero-order chi connectivity index (χ0) is 30.4. The van der Waals surface area contributed by atoms with Crippen LogP contribution < -0.4 is 4.74 Å². The number of ether oxygens (including phenoxy) is 4. The highest BCUT2D eigenvalue weighted by molar-refractivity contribution is 6.76.